The van der Waals surface area contributed by atoms with Gasteiger partial charge in [0.05, 0.1) is 107 Å². The van der Waals surface area contributed by atoms with Gasteiger partial charge < -0.3 is 35.2 Å². The number of hydrogen-bond donors (Lipinski definition) is 3. The minimum atomic E-state index is -0.126. The zero-order valence-corrected chi connectivity index (χ0v) is 75.8. The van der Waals surface area contributed by atoms with E-state index in [9.17, 15) is 24.0 Å². The first-order valence-corrected chi connectivity index (χ1v) is 44.5. The van der Waals surface area contributed by atoms with Crippen LogP contribution in [0.3, 0.4) is 0 Å². The van der Waals surface area contributed by atoms with Crippen molar-refractivity contribution in [2.45, 2.75) is 60.4 Å². The molecule has 16 aromatic heterocycles. The smallest absolute Gasteiger partial charge is 0.266 e. The van der Waals surface area contributed by atoms with Crippen molar-refractivity contribution in [2.24, 2.45) is 0 Å². The fourth-order valence-corrected chi connectivity index (χ4v) is 16.6. The number of aromatic nitrogens is 17. The summed E-state index contributed by atoms with van der Waals surface area (Å²) in [6, 6.07) is 53.0. The fourth-order valence-electron chi connectivity index (χ4n) is 12.6. The van der Waals surface area contributed by atoms with Gasteiger partial charge in [-0.1, -0.05) is 65.1 Å². The molecule has 0 aliphatic heterocycles. The van der Waals surface area contributed by atoms with Gasteiger partial charge in [0.1, 0.15) is 60.8 Å². The Morgan fingerprint density at radius 2 is 0.724 bits per heavy atom. The molecule has 0 aliphatic carbocycles. The number of thiophene rings is 4. The molecular weight excluding hydrogens is 1750 g/mol. The maximum absolute atomic E-state index is 12.3. The molecule has 0 saturated heterocycles. The molecule has 0 radical (unpaired) electrons. The van der Waals surface area contributed by atoms with Crippen LogP contribution in [0.2, 0.25) is 15.5 Å². The molecule has 0 amide bonds. The van der Waals surface area contributed by atoms with Gasteiger partial charge in [-0.2, -0.15) is 25.5 Å². The van der Waals surface area contributed by atoms with Crippen molar-refractivity contribution in [1.29, 1.82) is 0 Å². The van der Waals surface area contributed by atoms with Gasteiger partial charge in [0.2, 0.25) is 0 Å². The number of nitrogens with one attached hydrogen (secondary N) is 3. The highest BCUT2D eigenvalue weighted by Crippen LogP contribution is 2.31. The fraction of sp³-hybridized carbons (Fsp3) is 0.198. The largest absolute Gasteiger partial charge is 0.495 e. The van der Waals surface area contributed by atoms with Crippen molar-refractivity contribution in [3.8, 4) is 65.0 Å². The lowest BCUT2D eigenvalue weighted by Gasteiger charge is -2.20. The van der Waals surface area contributed by atoms with E-state index in [-0.39, 0.29) is 27.8 Å². The van der Waals surface area contributed by atoms with Crippen LogP contribution in [0.25, 0.3) is 75.6 Å². The molecule has 0 bridgehead atoms. The Hall–Kier alpha value is -13.5. The summed E-state index contributed by atoms with van der Waals surface area (Å²) in [6.45, 7) is 13.4. The van der Waals surface area contributed by atoms with Crippen molar-refractivity contribution < 1.29 is 9.47 Å². The van der Waals surface area contributed by atoms with Crippen molar-refractivity contribution in [2.75, 3.05) is 86.8 Å². The minimum Gasteiger partial charge on any atom is -0.495 e. The lowest BCUT2D eigenvalue weighted by atomic mass is 10.1. The monoisotopic (exact) mass is 1830 g/mol. The Kier molecular flexibility index (Phi) is 31.8. The third kappa shape index (κ3) is 25.6. The summed E-state index contributed by atoms with van der Waals surface area (Å²) >= 11 is 24.1. The minimum absolute atomic E-state index is 0.104. The van der Waals surface area contributed by atoms with Crippen LogP contribution in [0.5, 0.6) is 11.5 Å². The highest BCUT2D eigenvalue weighted by atomic mass is 35.5. The Morgan fingerprint density at radius 1 is 0.362 bits per heavy atom. The number of pyridine rings is 7. The number of methoxy groups -OCH3 is 2. The number of nitrogens with zero attached hydrogens (tertiary/aromatic N) is 19. The molecule has 0 unspecified atom stereocenters. The molecule has 0 spiro atoms. The normalized spacial score (nSPS) is 10.8. The van der Waals surface area contributed by atoms with Crippen LogP contribution in [0.1, 0.15) is 22.3 Å². The van der Waals surface area contributed by atoms with Crippen molar-refractivity contribution in [1.82, 2.24) is 83.8 Å². The Morgan fingerprint density at radius 3 is 1.13 bits per heavy atom. The van der Waals surface area contributed by atoms with E-state index in [0.29, 0.717) is 92.4 Å². The van der Waals surface area contributed by atoms with Gasteiger partial charge in [0, 0.05) is 143 Å². The number of rotatable bonds is 27. The lowest BCUT2D eigenvalue weighted by molar-refractivity contribution is 0.413. The summed E-state index contributed by atoms with van der Waals surface area (Å²) in [5.74, 6) is 1.33. The number of halogens is 3. The summed E-state index contributed by atoms with van der Waals surface area (Å²) in [7, 11) is 7.12. The third-order valence-electron chi connectivity index (χ3n) is 19.1. The van der Waals surface area contributed by atoms with Gasteiger partial charge in [0.15, 0.2) is 0 Å². The molecular formula is C91H87Cl3N22O7S4. The number of likely N-dealkylation sites (N-methyl/N-ethyl adjacent to an activating group) is 2. The van der Waals surface area contributed by atoms with E-state index in [0.717, 1.165) is 104 Å². The van der Waals surface area contributed by atoms with Crippen LogP contribution in [-0.4, -0.2) is 145 Å². The molecule has 0 atom stereocenters. The van der Waals surface area contributed by atoms with Crippen molar-refractivity contribution >= 4 is 131 Å². The molecule has 36 heteroatoms. The van der Waals surface area contributed by atoms with Crippen molar-refractivity contribution in [3.05, 3.63) is 330 Å². The van der Waals surface area contributed by atoms with Gasteiger partial charge in [0.25, 0.3) is 27.8 Å². The zero-order valence-electron chi connectivity index (χ0n) is 70.3. The van der Waals surface area contributed by atoms with Crippen LogP contribution >= 0.6 is 80.1 Å². The summed E-state index contributed by atoms with van der Waals surface area (Å²) in [5.41, 5.74) is 16.7. The van der Waals surface area contributed by atoms with E-state index >= 15 is 0 Å². The van der Waals surface area contributed by atoms with Gasteiger partial charge >= 0.3 is 0 Å². The average Bonchev–Trinajstić information content (AvgIpc) is 1.67. The van der Waals surface area contributed by atoms with Crippen LogP contribution < -0.4 is 63.0 Å². The quantitative estimate of drug-likeness (QED) is 0.0403. The maximum Gasteiger partial charge on any atom is 0.266 e. The molecule has 1 aromatic carbocycles. The Labute approximate surface area is 760 Å². The molecule has 0 saturated carbocycles. The van der Waals surface area contributed by atoms with Gasteiger partial charge in [-0.15, -0.1) is 45.3 Å². The predicted octanol–water partition coefficient (Wildman–Crippen LogP) is 16.7. The van der Waals surface area contributed by atoms with E-state index in [1.54, 1.807) is 182 Å². The molecule has 0 fully saturated rings. The summed E-state index contributed by atoms with van der Waals surface area (Å²) in [4.78, 5) is 98.2. The zero-order chi connectivity index (χ0) is 89.3. The number of ether oxygens (including phenoxy) is 2. The Bertz CT molecular complexity index is 6920. The topological polar surface area (TPSA) is 326 Å². The number of aryl methyl sites for hydroxylation is 4. The first-order valence-electron chi connectivity index (χ1n) is 39.8. The first kappa shape index (κ1) is 91.2. The summed E-state index contributed by atoms with van der Waals surface area (Å²) in [6.07, 6.45) is 11.7. The van der Waals surface area contributed by atoms with E-state index in [1.807, 2.05) is 119 Å². The SMILES string of the molecule is COc1cnc2c(N(C)CCn3nc(-c4cc(C)cs4)ccc3=O)ccnc2c1.COc1cnc2c(NCCn3nc(-c4cc(C)cs4)ccc3=O)ccnc2c1.Cc1csc(-c2ccc(=O)n(CCN(C)c3ccnc(Cl)c3)n2)c1.Cc1csc(-c2ccc(=O)n(CCNc3ccnc(Cl)c3)n2)c1.O=c1ccc(-c2ccccc2)nn1CCNc1ccnc(Cl)c1. The van der Waals surface area contributed by atoms with Crippen LogP contribution in [-0.2, 0) is 32.7 Å². The summed E-state index contributed by atoms with van der Waals surface area (Å²) < 4.78 is 17.9. The molecule has 0 aliphatic rings. The summed E-state index contributed by atoms with van der Waals surface area (Å²) in [5, 5.41) is 41.7. The van der Waals surface area contributed by atoms with Gasteiger partial charge in [-0.3, -0.25) is 33.9 Å². The second-order valence-electron chi connectivity index (χ2n) is 28.6. The molecule has 16 heterocycles. The Balaban J connectivity index is 0.000000136. The standard InChI is InChI=1S/C21H21N5O2S.C20H19N5O2S.C17H17ClN4OS.C17H15ClN4O.C16H15ClN4OS/c1-14-10-19(29-13-14)16-4-5-20(27)26(24-16)9-8-25(2)18-6-7-22-17-11-15(28-3)12-23-21(17)18;1-13-9-18(28-12-13)15-3-4-19(26)25(24-15)8-7-22-16-5-6-21-17-10-14(27-2)11-23-20(16)17;1-12-9-15(24-11-12)14-3-4-17(23)22(20-14)8-7-21(2)13-5-6-19-16(18)10-13;18-16-12-14(8-9-20-16)19-10-11-22-17(23)7-6-15(21-22)13-4-2-1-3-5-13;1-11-8-14(23-10-11)13-2-3-16(22)21(20-13)7-6-18-12-4-5-19-15(17)9-12/h4-7,10-13H,8-9H2,1-3H3;3-6,9-12H,7-8H2,1-2H3,(H,21,22);3-6,9-11H,7-8H2,1-2H3;1-9,12H,10-11H2,(H,19,20);2-5,8-10H,6-7H2,1H3,(H,18,19). The van der Waals surface area contributed by atoms with Gasteiger partial charge in [-0.05, 0) is 175 Å². The van der Waals surface area contributed by atoms with Crippen LogP contribution in [0.4, 0.5) is 28.4 Å². The molecule has 17 rings (SSSR count). The first-order chi connectivity index (χ1) is 61.5. The average molecular weight is 1840 g/mol. The molecule has 3 N–H and O–H groups in total. The van der Waals surface area contributed by atoms with Crippen LogP contribution in [0, 0.1) is 27.7 Å². The highest BCUT2D eigenvalue weighted by Gasteiger charge is 2.16. The second kappa shape index (κ2) is 44.4. The molecule has 648 valence electrons. The van der Waals surface area contributed by atoms with E-state index in [2.05, 4.69) is 127 Å². The van der Waals surface area contributed by atoms with E-state index in [4.69, 9.17) is 44.3 Å². The highest BCUT2D eigenvalue weighted by molar-refractivity contribution is 7.14. The number of fused-ring (bicyclic) bond motifs is 2. The maximum atomic E-state index is 12.3. The number of benzene rings is 1. The van der Waals surface area contributed by atoms with E-state index in [1.165, 1.54) is 45.7 Å². The third-order valence-corrected chi connectivity index (χ3v) is 24.0. The molecule has 127 heavy (non-hydrogen) atoms. The predicted molar refractivity (Wildman–Crippen MR) is 512 cm³/mol. The molecule has 17 aromatic rings. The van der Waals surface area contributed by atoms with Crippen LogP contribution in [0.15, 0.2) is 265 Å². The number of anilines is 5. The lowest BCUT2D eigenvalue weighted by Crippen LogP contribution is -2.30. The van der Waals surface area contributed by atoms with Crippen molar-refractivity contribution in [3.63, 3.8) is 0 Å². The second-order valence-corrected chi connectivity index (χ2v) is 33.4. The molecule has 29 nitrogen and oxygen atoms in total. The van der Waals surface area contributed by atoms with E-state index < -0.39 is 0 Å². The number of hydrogen-bond acceptors (Lipinski definition) is 28. The van der Waals surface area contributed by atoms with Gasteiger partial charge in [-0.25, -0.2) is 48.3 Å².